The van der Waals surface area contributed by atoms with Gasteiger partial charge in [-0.15, -0.1) is 0 Å². The minimum absolute atomic E-state index is 0.159. The highest BCUT2D eigenvalue weighted by Crippen LogP contribution is 2.22. The fraction of sp³-hybridized carbons (Fsp3) is 0.300. The van der Waals surface area contributed by atoms with Crippen LogP contribution < -0.4 is 11.1 Å². The number of carbonyl (C=O) groups excluding carboxylic acids is 1. The predicted molar refractivity (Wildman–Crippen MR) is 62.8 cm³/mol. The van der Waals surface area contributed by atoms with Crippen LogP contribution in [-0.2, 0) is 0 Å². The van der Waals surface area contributed by atoms with Crippen molar-refractivity contribution in [2.45, 2.75) is 5.92 Å². The van der Waals surface area contributed by atoms with Gasteiger partial charge in [0.15, 0.2) is 0 Å². The molecule has 17 heavy (non-hydrogen) atoms. The second kappa shape index (κ2) is 5.62. The number of carbonyl (C=O) groups is 1. The molecule has 0 radical (unpaired) electrons. The van der Waals surface area contributed by atoms with Crippen molar-refractivity contribution in [3.05, 3.63) is 33.8 Å². The third kappa shape index (κ3) is 4.11. The number of benzene rings is 1. The summed E-state index contributed by atoms with van der Waals surface area (Å²) < 4.78 is 25.6. The van der Waals surface area contributed by atoms with Gasteiger partial charge in [0, 0.05) is 5.56 Å². The van der Waals surface area contributed by atoms with Crippen LogP contribution in [0.4, 0.5) is 8.78 Å². The summed E-state index contributed by atoms with van der Waals surface area (Å²) >= 11 is 11.4. The number of halogens is 4. The molecule has 1 aromatic carbocycles. The minimum atomic E-state index is -3.12. The maximum Gasteiger partial charge on any atom is 0.277 e. The third-order valence-electron chi connectivity index (χ3n) is 1.99. The lowest BCUT2D eigenvalue weighted by Crippen LogP contribution is -2.41. The van der Waals surface area contributed by atoms with E-state index in [-0.39, 0.29) is 15.6 Å². The Labute approximate surface area is 107 Å². The summed E-state index contributed by atoms with van der Waals surface area (Å²) in [6.45, 7) is -1.64. The van der Waals surface area contributed by atoms with Crippen molar-refractivity contribution in [3.63, 3.8) is 0 Å². The van der Waals surface area contributed by atoms with Crippen molar-refractivity contribution in [1.82, 2.24) is 5.32 Å². The zero-order chi connectivity index (χ0) is 13.1. The van der Waals surface area contributed by atoms with Crippen LogP contribution in [-0.4, -0.2) is 24.9 Å². The number of alkyl halides is 2. The number of nitrogens with two attached hydrogens (primary N) is 1. The zero-order valence-corrected chi connectivity index (χ0v) is 10.2. The SMILES string of the molecule is NCC(F)(F)CNC(=O)c1ccc(Cl)c(Cl)c1. The van der Waals surface area contributed by atoms with E-state index in [1.807, 2.05) is 0 Å². The predicted octanol–water partition coefficient (Wildman–Crippen LogP) is 2.32. The van der Waals surface area contributed by atoms with Gasteiger partial charge in [-0.3, -0.25) is 4.79 Å². The molecule has 0 fully saturated rings. The van der Waals surface area contributed by atoms with Gasteiger partial charge in [-0.05, 0) is 18.2 Å². The number of amides is 1. The molecule has 0 heterocycles. The van der Waals surface area contributed by atoms with E-state index in [9.17, 15) is 13.6 Å². The van der Waals surface area contributed by atoms with E-state index < -0.39 is 24.9 Å². The Hall–Kier alpha value is -0.910. The van der Waals surface area contributed by atoms with Crippen molar-refractivity contribution >= 4 is 29.1 Å². The Bertz CT molecular complexity index is 427. The lowest BCUT2D eigenvalue weighted by molar-refractivity contribution is 0.0118. The van der Waals surface area contributed by atoms with Crippen LogP contribution in [0, 0.1) is 0 Å². The molecule has 0 atom stereocenters. The molecular weight excluding hydrogens is 273 g/mol. The van der Waals surface area contributed by atoms with Crippen LogP contribution in [0.15, 0.2) is 18.2 Å². The Morgan fingerprint density at radius 1 is 1.35 bits per heavy atom. The lowest BCUT2D eigenvalue weighted by Gasteiger charge is -2.14. The van der Waals surface area contributed by atoms with Crippen molar-refractivity contribution in [2.75, 3.05) is 13.1 Å². The Morgan fingerprint density at radius 3 is 2.53 bits per heavy atom. The standard InChI is InChI=1S/C10H10Cl2F2N2O/c11-7-2-1-6(3-8(7)12)9(17)16-5-10(13,14)4-15/h1-3H,4-5,15H2,(H,16,17). The molecule has 0 aromatic heterocycles. The van der Waals surface area contributed by atoms with Gasteiger partial charge in [0.2, 0.25) is 0 Å². The fourth-order valence-electron chi connectivity index (χ4n) is 1.02. The Kier molecular flexibility index (Phi) is 4.68. The molecule has 7 heteroatoms. The molecule has 94 valence electrons. The highest BCUT2D eigenvalue weighted by atomic mass is 35.5. The Balaban J connectivity index is 2.68. The maximum absolute atomic E-state index is 12.8. The van der Waals surface area contributed by atoms with Crippen LogP contribution in [0.25, 0.3) is 0 Å². The topological polar surface area (TPSA) is 55.1 Å². The number of hydrogen-bond acceptors (Lipinski definition) is 2. The summed E-state index contributed by atoms with van der Waals surface area (Å²) in [6, 6.07) is 4.11. The average Bonchev–Trinajstić information content (AvgIpc) is 2.30. The largest absolute Gasteiger partial charge is 0.346 e. The second-order valence-corrected chi connectivity index (χ2v) is 4.19. The van der Waals surface area contributed by atoms with E-state index in [1.165, 1.54) is 18.2 Å². The summed E-state index contributed by atoms with van der Waals surface area (Å²) in [5.41, 5.74) is 4.99. The zero-order valence-electron chi connectivity index (χ0n) is 8.64. The van der Waals surface area contributed by atoms with Crippen molar-refractivity contribution in [1.29, 1.82) is 0 Å². The monoisotopic (exact) mass is 282 g/mol. The summed E-state index contributed by atoms with van der Waals surface area (Å²) in [5, 5.41) is 2.54. The van der Waals surface area contributed by atoms with E-state index in [2.05, 4.69) is 5.32 Å². The first-order valence-corrected chi connectivity index (χ1v) is 5.42. The molecule has 0 saturated carbocycles. The first-order chi connectivity index (χ1) is 7.85. The van der Waals surface area contributed by atoms with Gasteiger partial charge in [0.25, 0.3) is 11.8 Å². The highest BCUT2D eigenvalue weighted by Gasteiger charge is 2.27. The van der Waals surface area contributed by atoms with Gasteiger partial charge < -0.3 is 11.1 Å². The molecule has 0 saturated heterocycles. The molecular formula is C10H10Cl2F2N2O. The molecule has 3 nitrogen and oxygen atoms in total. The molecule has 0 unspecified atom stereocenters. The molecule has 1 amide bonds. The summed E-state index contributed by atoms with van der Waals surface area (Å²) in [7, 11) is 0. The van der Waals surface area contributed by atoms with Crippen molar-refractivity contribution in [3.8, 4) is 0 Å². The fourth-order valence-corrected chi connectivity index (χ4v) is 1.32. The van der Waals surface area contributed by atoms with E-state index >= 15 is 0 Å². The maximum atomic E-state index is 12.8. The quantitative estimate of drug-likeness (QED) is 0.891. The summed E-state index contributed by atoms with van der Waals surface area (Å²) in [5.74, 6) is -3.78. The number of rotatable bonds is 4. The second-order valence-electron chi connectivity index (χ2n) is 3.37. The molecule has 0 bridgehead atoms. The van der Waals surface area contributed by atoms with Gasteiger partial charge >= 0.3 is 0 Å². The van der Waals surface area contributed by atoms with E-state index in [1.54, 1.807) is 0 Å². The van der Waals surface area contributed by atoms with Crippen LogP contribution >= 0.6 is 23.2 Å². The molecule has 0 aliphatic rings. The van der Waals surface area contributed by atoms with Crippen LogP contribution in [0.5, 0.6) is 0 Å². The lowest BCUT2D eigenvalue weighted by atomic mass is 10.2. The van der Waals surface area contributed by atoms with Gasteiger partial charge in [0.1, 0.15) is 0 Å². The van der Waals surface area contributed by atoms with Crippen molar-refractivity contribution < 1.29 is 13.6 Å². The van der Waals surface area contributed by atoms with Gasteiger partial charge in [-0.2, -0.15) is 0 Å². The third-order valence-corrected chi connectivity index (χ3v) is 2.73. The average molecular weight is 283 g/mol. The van der Waals surface area contributed by atoms with Gasteiger partial charge in [0.05, 0.1) is 23.1 Å². The first kappa shape index (κ1) is 14.2. The van der Waals surface area contributed by atoms with Gasteiger partial charge in [-0.25, -0.2) is 8.78 Å². The summed E-state index contributed by atoms with van der Waals surface area (Å²) in [4.78, 5) is 11.5. The first-order valence-electron chi connectivity index (χ1n) is 4.67. The van der Waals surface area contributed by atoms with E-state index in [0.29, 0.717) is 0 Å². The van der Waals surface area contributed by atoms with E-state index in [0.717, 1.165) is 0 Å². The molecule has 1 aromatic rings. The molecule has 1 rings (SSSR count). The number of nitrogens with one attached hydrogen (secondary N) is 1. The minimum Gasteiger partial charge on any atom is -0.346 e. The molecule has 0 aliphatic carbocycles. The molecule has 0 spiro atoms. The van der Waals surface area contributed by atoms with Crippen molar-refractivity contribution in [2.24, 2.45) is 5.73 Å². The van der Waals surface area contributed by atoms with Crippen LogP contribution in [0.1, 0.15) is 10.4 Å². The normalized spacial score (nSPS) is 11.4. The van der Waals surface area contributed by atoms with Crippen LogP contribution in [0.3, 0.4) is 0 Å². The van der Waals surface area contributed by atoms with E-state index in [4.69, 9.17) is 28.9 Å². The molecule has 0 aliphatic heterocycles. The van der Waals surface area contributed by atoms with Gasteiger partial charge in [-0.1, -0.05) is 23.2 Å². The Morgan fingerprint density at radius 2 is 2.00 bits per heavy atom. The highest BCUT2D eigenvalue weighted by molar-refractivity contribution is 6.42. The summed E-state index contributed by atoms with van der Waals surface area (Å²) in [6.07, 6.45) is 0. The molecule has 3 N–H and O–H groups in total. The van der Waals surface area contributed by atoms with Crippen LogP contribution in [0.2, 0.25) is 10.0 Å². The number of hydrogen-bond donors (Lipinski definition) is 2. The smallest absolute Gasteiger partial charge is 0.277 e.